The summed E-state index contributed by atoms with van der Waals surface area (Å²) in [5.41, 5.74) is -0.346. The molecule has 0 amide bonds. The molecule has 1 fully saturated rings. The Hall–Kier alpha value is -0.530. The minimum Gasteiger partial charge on any atom is -0.460 e. The summed E-state index contributed by atoms with van der Waals surface area (Å²) in [4.78, 5) is 12.0. The summed E-state index contributed by atoms with van der Waals surface area (Å²) in [6.07, 6.45) is 3.28. The lowest BCUT2D eigenvalue weighted by Gasteiger charge is -2.24. The predicted molar refractivity (Wildman–Crippen MR) is 61.5 cm³/mol. The maximum absolute atomic E-state index is 12.0. The Balaban J connectivity index is 2.59. The number of rotatable bonds is 2. The van der Waals surface area contributed by atoms with Gasteiger partial charge in [-0.05, 0) is 45.4 Å². The van der Waals surface area contributed by atoms with Crippen LogP contribution in [0.3, 0.4) is 0 Å². The topological polar surface area (TPSA) is 26.3 Å². The Labute approximate surface area is 93.4 Å². The van der Waals surface area contributed by atoms with Crippen LogP contribution in [0.2, 0.25) is 0 Å². The zero-order valence-corrected chi connectivity index (χ0v) is 10.7. The van der Waals surface area contributed by atoms with Gasteiger partial charge < -0.3 is 4.74 Å². The Bertz CT molecular complexity index is 227. The summed E-state index contributed by atoms with van der Waals surface area (Å²) in [5, 5.41) is 0. The number of ether oxygens (including phenoxy) is 1. The molecule has 0 heterocycles. The highest BCUT2D eigenvalue weighted by Crippen LogP contribution is 2.39. The van der Waals surface area contributed by atoms with Crippen molar-refractivity contribution in [2.45, 2.75) is 59.5 Å². The van der Waals surface area contributed by atoms with Crippen LogP contribution in [0.25, 0.3) is 0 Å². The van der Waals surface area contributed by atoms with Crippen molar-refractivity contribution in [3.63, 3.8) is 0 Å². The van der Waals surface area contributed by atoms with Crippen LogP contribution in [0.15, 0.2) is 0 Å². The Morgan fingerprint density at radius 1 is 1.33 bits per heavy atom. The molecular weight excluding hydrogens is 188 g/mol. The molecule has 0 radical (unpaired) electrons. The second-order valence-corrected chi connectivity index (χ2v) is 5.88. The van der Waals surface area contributed by atoms with Crippen molar-refractivity contribution < 1.29 is 9.53 Å². The molecule has 2 heteroatoms. The fourth-order valence-electron chi connectivity index (χ4n) is 2.52. The van der Waals surface area contributed by atoms with Crippen molar-refractivity contribution in [1.82, 2.24) is 0 Å². The first-order valence-corrected chi connectivity index (χ1v) is 6.06. The number of esters is 1. The van der Waals surface area contributed by atoms with Crippen LogP contribution in [0.5, 0.6) is 0 Å². The second kappa shape index (κ2) is 4.54. The molecule has 3 atom stereocenters. The molecule has 15 heavy (non-hydrogen) atoms. The number of carbonyl (C=O) groups is 1. The van der Waals surface area contributed by atoms with Crippen LogP contribution in [0.4, 0.5) is 0 Å². The quantitative estimate of drug-likeness (QED) is 0.656. The molecule has 88 valence electrons. The molecule has 0 N–H and O–H groups in total. The summed E-state index contributed by atoms with van der Waals surface area (Å²) < 4.78 is 5.46. The molecule has 0 bridgehead atoms. The molecule has 0 aromatic carbocycles. The molecule has 0 aliphatic heterocycles. The zero-order valence-electron chi connectivity index (χ0n) is 10.7. The van der Waals surface area contributed by atoms with E-state index in [1.807, 2.05) is 20.8 Å². The van der Waals surface area contributed by atoms with Crippen LogP contribution < -0.4 is 0 Å². The smallest absolute Gasteiger partial charge is 0.309 e. The average molecular weight is 212 g/mol. The van der Waals surface area contributed by atoms with E-state index in [0.717, 1.165) is 12.8 Å². The van der Waals surface area contributed by atoms with E-state index in [4.69, 9.17) is 4.74 Å². The number of carbonyl (C=O) groups excluding carboxylic acids is 1. The first-order valence-electron chi connectivity index (χ1n) is 6.06. The molecule has 0 saturated heterocycles. The molecule has 1 rings (SSSR count). The highest BCUT2D eigenvalue weighted by molar-refractivity contribution is 5.73. The maximum atomic E-state index is 12.0. The van der Waals surface area contributed by atoms with Crippen molar-refractivity contribution in [3.05, 3.63) is 0 Å². The third-order valence-electron chi connectivity index (χ3n) is 3.16. The highest BCUT2D eigenvalue weighted by Gasteiger charge is 2.37. The van der Waals surface area contributed by atoms with Crippen molar-refractivity contribution in [3.8, 4) is 0 Å². The van der Waals surface area contributed by atoms with Crippen molar-refractivity contribution in [2.24, 2.45) is 17.8 Å². The van der Waals surface area contributed by atoms with Crippen LogP contribution >= 0.6 is 0 Å². The van der Waals surface area contributed by atoms with Gasteiger partial charge in [-0.1, -0.05) is 20.3 Å². The standard InChI is InChI=1S/C13H24O2/c1-6-10-7-9(2)8-11(10)12(14)15-13(3,4)5/h9-11H,6-8H2,1-5H3. The lowest BCUT2D eigenvalue weighted by molar-refractivity contribution is -0.161. The summed E-state index contributed by atoms with van der Waals surface area (Å²) in [6, 6.07) is 0. The van der Waals surface area contributed by atoms with E-state index in [1.54, 1.807) is 0 Å². The highest BCUT2D eigenvalue weighted by atomic mass is 16.6. The zero-order chi connectivity index (χ0) is 11.6. The maximum Gasteiger partial charge on any atom is 0.309 e. The SMILES string of the molecule is CCC1CC(C)CC1C(=O)OC(C)(C)C. The van der Waals surface area contributed by atoms with Gasteiger partial charge in [0.2, 0.25) is 0 Å². The first-order chi connectivity index (χ1) is 6.83. The van der Waals surface area contributed by atoms with Gasteiger partial charge in [-0.15, -0.1) is 0 Å². The molecule has 1 aliphatic carbocycles. The minimum absolute atomic E-state index is 0.0127. The summed E-state index contributed by atoms with van der Waals surface area (Å²) in [6.45, 7) is 10.2. The van der Waals surface area contributed by atoms with E-state index in [2.05, 4.69) is 13.8 Å². The Morgan fingerprint density at radius 3 is 2.40 bits per heavy atom. The third-order valence-corrected chi connectivity index (χ3v) is 3.16. The van der Waals surface area contributed by atoms with Crippen molar-refractivity contribution in [2.75, 3.05) is 0 Å². The molecule has 0 aromatic rings. The van der Waals surface area contributed by atoms with Crippen molar-refractivity contribution >= 4 is 5.97 Å². The van der Waals surface area contributed by atoms with Gasteiger partial charge in [-0.2, -0.15) is 0 Å². The Morgan fingerprint density at radius 2 is 1.93 bits per heavy atom. The summed E-state index contributed by atoms with van der Waals surface area (Å²) >= 11 is 0. The van der Waals surface area contributed by atoms with Gasteiger partial charge in [-0.3, -0.25) is 4.79 Å². The van der Waals surface area contributed by atoms with E-state index in [0.29, 0.717) is 11.8 Å². The fraction of sp³-hybridized carbons (Fsp3) is 0.923. The largest absolute Gasteiger partial charge is 0.460 e. The fourth-order valence-corrected chi connectivity index (χ4v) is 2.52. The molecule has 0 aromatic heterocycles. The third kappa shape index (κ3) is 3.51. The first kappa shape index (κ1) is 12.5. The van der Waals surface area contributed by atoms with Gasteiger partial charge in [-0.25, -0.2) is 0 Å². The van der Waals surface area contributed by atoms with Gasteiger partial charge in [0, 0.05) is 0 Å². The van der Waals surface area contributed by atoms with E-state index >= 15 is 0 Å². The molecule has 0 spiro atoms. The molecule has 3 unspecified atom stereocenters. The summed E-state index contributed by atoms with van der Waals surface area (Å²) in [5.74, 6) is 1.37. The van der Waals surface area contributed by atoms with Gasteiger partial charge in [0.1, 0.15) is 5.60 Å². The predicted octanol–water partition coefficient (Wildman–Crippen LogP) is 3.40. The van der Waals surface area contributed by atoms with Crippen LogP contribution in [0, 0.1) is 17.8 Å². The number of hydrogen-bond acceptors (Lipinski definition) is 2. The van der Waals surface area contributed by atoms with E-state index in [9.17, 15) is 4.79 Å². The lowest BCUT2D eigenvalue weighted by atomic mass is 9.93. The van der Waals surface area contributed by atoms with Gasteiger partial charge >= 0.3 is 5.97 Å². The van der Waals surface area contributed by atoms with Gasteiger partial charge in [0.15, 0.2) is 0 Å². The molecule has 1 aliphatic rings. The van der Waals surface area contributed by atoms with E-state index in [-0.39, 0.29) is 17.5 Å². The van der Waals surface area contributed by atoms with Crippen LogP contribution in [-0.4, -0.2) is 11.6 Å². The van der Waals surface area contributed by atoms with Gasteiger partial charge in [0.05, 0.1) is 5.92 Å². The normalized spacial score (nSPS) is 31.7. The van der Waals surface area contributed by atoms with E-state index in [1.165, 1.54) is 6.42 Å². The minimum atomic E-state index is -0.346. The van der Waals surface area contributed by atoms with Crippen LogP contribution in [0.1, 0.15) is 53.9 Å². The molecule has 1 saturated carbocycles. The molecule has 2 nitrogen and oxygen atoms in total. The number of hydrogen-bond donors (Lipinski definition) is 0. The Kier molecular flexibility index (Phi) is 3.80. The lowest BCUT2D eigenvalue weighted by Crippen LogP contribution is -2.30. The monoisotopic (exact) mass is 212 g/mol. The van der Waals surface area contributed by atoms with Gasteiger partial charge in [0.25, 0.3) is 0 Å². The van der Waals surface area contributed by atoms with E-state index < -0.39 is 0 Å². The van der Waals surface area contributed by atoms with Crippen molar-refractivity contribution in [1.29, 1.82) is 0 Å². The van der Waals surface area contributed by atoms with Crippen LogP contribution in [-0.2, 0) is 9.53 Å². The molecular formula is C13H24O2. The average Bonchev–Trinajstić information content (AvgIpc) is 2.43. The second-order valence-electron chi connectivity index (χ2n) is 5.88. The summed E-state index contributed by atoms with van der Waals surface area (Å²) in [7, 11) is 0.